The van der Waals surface area contributed by atoms with Crippen molar-refractivity contribution in [2.45, 2.75) is 38.6 Å². The lowest BCUT2D eigenvalue weighted by Crippen LogP contribution is -2.35. The van der Waals surface area contributed by atoms with E-state index in [4.69, 9.17) is 9.73 Å². The highest BCUT2D eigenvalue weighted by atomic mass is 16.5. The van der Waals surface area contributed by atoms with Gasteiger partial charge in [0.2, 0.25) is 0 Å². The van der Waals surface area contributed by atoms with Gasteiger partial charge in [-0.25, -0.2) is 4.99 Å². The predicted octanol–water partition coefficient (Wildman–Crippen LogP) is 3.73. The summed E-state index contributed by atoms with van der Waals surface area (Å²) >= 11 is 0. The molecule has 0 bridgehead atoms. The van der Waals surface area contributed by atoms with Gasteiger partial charge in [0, 0.05) is 30.8 Å². The predicted molar refractivity (Wildman–Crippen MR) is 88.2 cm³/mol. The zero-order valence-electron chi connectivity index (χ0n) is 13.1. The minimum Gasteiger partial charge on any atom is -0.479 e. The summed E-state index contributed by atoms with van der Waals surface area (Å²) in [5.41, 5.74) is 6.38. The van der Waals surface area contributed by atoms with Crippen molar-refractivity contribution in [3.8, 4) is 11.1 Å². The monoisotopic (exact) mass is 292 g/mol. The summed E-state index contributed by atoms with van der Waals surface area (Å²) < 4.78 is 5.64. The van der Waals surface area contributed by atoms with Crippen LogP contribution in [0.2, 0.25) is 0 Å². The molecule has 1 aliphatic heterocycles. The summed E-state index contributed by atoms with van der Waals surface area (Å²) in [7, 11) is 0. The molecule has 1 atom stereocenters. The van der Waals surface area contributed by atoms with E-state index in [1.54, 1.807) is 0 Å². The molecule has 1 spiro atoms. The molecule has 4 rings (SSSR count). The van der Waals surface area contributed by atoms with E-state index < -0.39 is 0 Å². The highest BCUT2D eigenvalue weighted by molar-refractivity contribution is 5.75. The third-order valence-electron chi connectivity index (χ3n) is 4.85. The van der Waals surface area contributed by atoms with Gasteiger partial charge in [0.05, 0.1) is 0 Å². The quantitative estimate of drug-likeness (QED) is 0.802. The van der Waals surface area contributed by atoms with Gasteiger partial charge in [0.1, 0.15) is 12.1 Å². The van der Waals surface area contributed by atoms with Crippen LogP contribution in [-0.4, -0.2) is 23.0 Å². The molecule has 0 fully saturated rings. The fraction of sp³-hybridized carbons (Fsp3) is 0.368. The lowest BCUT2D eigenvalue weighted by atomic mass is 9.78. The van der Waals surface area contributed by atoms with Crippen molar-refractivity contribution in [2.24, 2.45) is 4.99 Å². The molecule has 112 valence electrons. The Morgan fingerprint density at radius 3 is 2.82 bits per heavy atom. The Balaban J connectivity index is 1.73. The first-order valence-corrected chi connectivity index (χ1v) is 7.88. The van der Waals surface area contributed by atoms with Crippen LogP contribution in [0, 0.1) is 6.92 Å². The molecule has 0 saturated heterocycles. The van der Waals surface area contributed by atoms with Crippen LogP contribution in [0.1, 0.15) is 30.2 Å². The Kier molecular flexibility index (Phi) is 3.03. The van der Waals surface area contributed by atoms with Gasteiger partial charge in [-0.15, -0.1) is 0 Å². The molecule has 0 radical (unpaired) electrons. The van der Waals surface area contributed by atoms with Gasteiger partial charge in [-0.3, -0.25) is 4.98 Å². The standard InChI is InChI=1S/C19H20N2O/c1-13-18(4-3-9-20-13)16-6-5-15-7-8-19(11-17(15)10-16)12-22-14(2)21-19/h3-6,9-10H,7-8,11-12H2,1-2H3. The second-order valence-corrected chi connectivity index (χ2v) is 6.44. The van der Waals surface area contributed by atoms with E-state index in [2.05, 4.69) is 36.2 Å². The zero-order valence-corrected chi connectivity index (χ0v) is 13.1. The number of nitrogens with zero attached hydrogens (tertiary/aromatic N) is 2. The maximum atomic E-state index is 5.64. The minimum atomic E-state index is -0.0281. The SMILES string of the molecule is CC1=NC2(CCc3ccc(-c4cccnc4C)cc3C2)CO1. The molecule has 1 aliphatic carbocycles. The molecule has 2 heterocycles. The van der Waals surface area contributed by atoms with Crippen molar-refractivity contribution in [1.82, 2.24) is 4.98 Å². The van der Waals surface area contributed by atoms with Crippen LogP contribution in [0.15, 0.2) is 41.5 Å². The van der Waals surface area contributed by atoms with E-state index in [-0.39, 0.29) is 5.54 Å². The molecule has 22 heavy (non-hydrogen) atoms. The number of aromatic nitrogens is 1. The fourth-order valence-corrected chi connectivity index (χ4v) is 3.66. The summed E-state index contributed by atoms with van der Waals surface area (Å²) in [5, 5.41) is 0. The maximum Gasteiger partial charge on any atom is 0.180 e. The number of hydrogen-bond donors (Lipinski definition) is 0. The Morgan fingerprint density at radius 1 is 1.14 bits per heavy atom. The number of pyridine rings is 1. The number of aryl methyl sites for hydroxylation is 2. The van der Waals surface area contributed by atoms with Gasteiger partial charge in [0.25, 0.3) is 0 Å². The van der Waals surface area contributed by atoms with E-state index in [0.29, 0.717) is 0 Å². The van der Waals surface area contributed by atoms with Gasteiger partial charge < -0.3 is 4.74 Å². The van der Waals surface area contributed by atoms with Crippen molar-refractivity contribution in [1.29, 1.82) is 0 Å². The zero-order chi connectivity index (χ0) is 15.2. The summed E-state index contributed by atoms with van der Waals surface area (Å²) in [4.78, 5) is 9.19. The number of aliphatic imine (C=N–C) groups is 1. The maximum absolute atomic E-state index is 5.64. The molecule has 1 unspecified atom stereocenters. The molecule has 3 heteroatoms. The average Bonchev–Trinajstić information content (AvgIpc) is 2.87. The third kappa shape index (κ3) is 2.21. The van der Waals surface area contributed by atoms with E-state index >= 15 is 0 Å². The highest BCUT2D eigenvalue weighted by Gasteiger charge is 2.38. The van der Waals surface area contributed by atoms with Crippen molar-refractivity contribution in [2.75, 3.05) is 6.61 Å². The largest absolute Gasteiger partial charge is 0.479 e. The first-order valence-electron chi connectivity index (χ1n) is 7.88. The fourth-order valence-electron chi connectivity index (χ4n) is 3.66. The molecular weight excluding hydrogens is 272 g/mol. The third-order valence-corrected chi connectivity index (χ3v) is 4.85. The van der Waals surface area contributed by atoms with Crippen molar-refractivity contribution in [3.63, 3.8) is 0 Å². The Hall–Kier alpha value is -2.16. The molecule has 1 aromatic heterocycles. The highest BCUT2D eigenvalue weighted by Crippen LogP contribution is 2.36. The van der Waals surface area contributed by atoms with Gasteiger partial charge in [0.15, 0.2) is 5.90 Å². The second-order valence-electron chi connectivity index (χ2n) is 6.44. The van der Waals surface area contributed by atoms with E-state index in [9.17, 15) is 0 Å². The lowest BCUT2D eigenvalue weighted by Gasteiger charge is -2.30. The summed E-state index contributed by atoms with van der Waals surface area (Å²) in [6.07, 6.45) is 5.00. The van der Waals surface area contributed by atoms with Crippen LogP contribution < -0.4 is 0 Å². The molecule has 2 aliphatic rings. The van der Waals surface area contributed by atoms with Gasteiger partial charge in [-0.1, -0.05) is 24.3 Å². The van der Waals surface area contributed by atoms with E-state index in [0.717, 1.165) is 37.5 Å². The minimum absolute atomic E-state index is 0.0281. The molecule has 1 aromatic carbocycles. The Labute approximate surface area is 131 Å². The van der Waals surface area contributed by atoms with Gasteiger partial charge >= 0.3 is 0 Å². The summed E-state index contributed by atoms with van der Waals surface area (Å²) in [6, 6.07) is 11.0. The van der Waals surface area contributed by atoms with Crippen LogP contribution in [-0.2, 0) is 17.6 Å². The molecule has 2 aromatic rings. The van der Waals surface area contributed by atoms with Crippen LogP contribution in [0.25, 0.3) is 11.1 Å². The van der Waals surface area contributed by atoms with Crippen LogP contribution in [0.4, 0.5) is 0 Å². The summed E-state index contributed by atoms with van der Waals surface area (Å²) in [6.45, 7) is 4.75. The van der Waals surface area contributed by atoms with Crippen molar-refractivity contribution in [3.05, 3.63) is 53.3 Å². The number of ether oxygens (including phenoxy) is 1. The van der Waals surface area contributed by atoms with Crippen LogP contribution >= 0.6 is 0 Å². The van der Waals surface area contributed by atoms with E-state index in [1.807, 2.05) is 19.2 Å². The number of benzene rings is 1. The second kappa shape index (κ2) is 4.94. The molecule has 0 N–H and O–H groups in total. The smallest absolute Gasteiger partial charge is 0.180 e. The Morgan fingerprint density at radius 2 is 2.05 bits per heavy atom. The lowest BCUT2D eigenvalue weighted by molar-refractivity contribution is 0.236. The normalized spacial score (nSPS) is 23.1. The Bertz CT molecular complexity index is 766. The van der Waals surface area contributed by atoms with Gasteiger partial charge in [-0.05, 0) is 42.5 Å². The first-order chi connectivity index (χ1) is 10.7. The number of rotatable bonds is 1. The number of fused-ring (bicyclic) bond motifs is 1. The van der Waals surface area contributed by atoms with Crippen LogP contribution in [0.3, 0.4) is 0 Å². The molecular formula is C19H20N2O. The summed E-state index contributed by atoms with van der Waals surface area (Å²) in [5.74, 6) is 0.836. The average molecular weight is 292 g/mol. The molecule has 3 nitrogen and oxygen atoms in total. The number of hydrogen-bond acceptors (Lipinski definition) is 3. The van der Waals surface area contributed by atoms with Gasteiger partial charge in [-0.2, -0.15) is 0 Å². The molecule has 0 amide bonds. The van der Waals surface area contributed by atoms with Crippen LogP contribution in [0.5, 0.6) is 0 Å². The van der Waals surface area contributed by atoms with Crippen molar-refractivity contribution >= 4 is 5.90 Å². The molecule has 0 saturated carbocycles. The van der Waals surface area contributed by atoms with Crippen molar-refractivity contribution < 1.29 is 4.74 Å². The topological polar surface area (TPSA) is 34.5 Å². The first kappa shape index (κ1) is 13.5. The van der Waals surface area contributed by atoms with E-state index in [1.165, 1.54) is 22.3 Å².